The zero-order valence-corrected chi connectivity index (χ0v) is 16.2. The van der Waals surface area contributed by atoms with Crippen LogP contribution in [0.2, 0.25) is 0 Å². The predicted molar refractivity (Wildman–Crippen MR) is 105 cm³/mol. The summed E-state index contributed by atoms with van der Waals surface area (Å²) in [5.41, 5.74) is 2.71. The number of nitrogens with one attached hydrogen (secondary N) is 1. The fraction of sp³-hybridized carbons (Fsp3) is 0.619. The fourth-order valence-corrected chi connectivity index (χ4v) is 4.86. The number of fused-ring (bicyclic) bond motifs is 1. The van der Waals surface area contributed by atoms with Crippen molar-refractivity contribution in [2.45, 2.75) is 51.1 Å². The summed E-state index contributed by atoms with van der Waals surface area (Å²) in [7, 11) is 0. The molecule has 6 nitrogen and oxygen atoms in total. The van der Waals surface area contributed by atoms with E-state index in [2.05, 4.69) is 28.9 Å². The third kappa shape index (κ3) is 3.19. The van der Waals surface area contributed by atoms with Gasteiger partial charge in [-0.25, -0.2) is 4.79 Å². The minimum Gasteiger partial charge on any atom is -0.381 e. The van der Waals surface area contributed by atoms with Crippen molar-refractivity contribution < 1.29 is 4.74 Å². The largest absolute Gasteiger partial charge is 0.381 e. The standard InChI is InChI=1S/C21H28N4O2/c1-3-27-13-16-11-21(12-16,14-22)24-8-6-17(7-9-24)25-19-10-15(2)4-5-18(19)23-20(25)26/h4-5,10,16-17H,3,6-9,11-13H2,1-2H3,(H,23,26). The lowest BCUT2D eigenvalue weighted by Crippen LogP contribution is -2.59. The van der Waals surface area contributed by atoms with Crippen molar-refractivity contribution in [2.24, 2.45) is 5.92 Å². The van der Waals surface area contributed by atoms with Gasteiger partial charge in [-0.3, -0.25) is 9.47 Å². The van der Waals surface area contributed by atoms with Crippen LogP contribution in [-0.2, 0) is 4.74 Å². The molecule has 0 amide bonds. The number of hydrogen-bond donors (Lipinski definition) is 1. The zero-order chi connectivity index (χ0) is 19.0. The molecule has 1 aliphatic carbocycles. The van der Waals surface area contributed by atoms with E-state index in [1.165, 1.54) is 0 Å². The van der Waals surface area contributed by atoms with E-state index < -0.39 is 0 Å². The molecule has 6 heteroatoms. The minimum absolute atomic E-state index is 0.0236. The number of nitrogens with zero attached hydrogens (tertiary/aromatic N) is 3. The van der Waals surface area contributed by atoms with Crippen LogP contribution in [0.1, 0.15) is 44.2 Å². The number of rotatable bonds is 5. The molecule has 1 N–H and O–H groups in total. The van der Waals surface area contributed by atoms with Crippen molar-refractivity contribution in [1.29, 1.82) is 5.26 Å². The third-order valence-corrected chi connectivity index (χ3v) is 6.33. The van der Waals surface area contributed by atoms with Crippen molar-refractivity contribution in [3.05, 3.63) is 34.2 Å². The number of hydrogen-bond acceptors (Lipinski definition) is 4. The van der Waals surface area contributed by atoms with Crippen molar-refractivity contribution >= 4 is 11.0 Å². The average molecular weight is 368 g/mol. The van der Waals surface area contributed by atoms with Gasteiger partial charge in [0.2, 0.25) is 0 Å². The summed E-state index contributed by atoms with van der Waals surface area (Å²) in [5, 5.41) is 9.81. The number of benzene rings is 1. The number of ether oxygens (including phenoxy) is 1. The van der Waals surface area contributed by atoms with Crippen molar-refractivity contribution in [3.8, 4) is 6.07 Å². The minimum atomic E-state index is -0.325. The number of imidazole rings is 1. The molecular formula is C21H28N4O2. The molecule has 0 radical (unpaired) electrons. The van der Waals surface area contributed by atoms with E-state index >= 15 is 0 Å². The Kier molecular flexibility index (Phi) is 4.83. The SMILES string of the molecule is CCOCC1CC(C#N)(N2CCC(n3c(=O)[nH]c4ccc(C)cc43)CC2)C1. The second-order valence-corrected chi connectivity index (χ2v) is 8.12. The highest BCUT2D eigenvalue weighted by Crippen LogP contribution is 2.44. The van der Waals surface area contributed by atoms with E-state index in [4.69, 9.17) is 4.74 Å². The van der Waals surface area contributed by atoms with Crippen molar-refractivity contribution in [1.82, 2.24) is 14.5 Å². The highest BCUT2D eigenvalue weighted by Gasteiger charge is 2.49. The first kappa shape index (κ1) is 18.3. The molecule has 27 heavy (non-hydrogen) atoms. The number of piperidine rings is 1. The van der Waals surface area contributed by atoms with E-state index in [0.29, 0.717) is 5.92 Å². The van der Waals surface area contributed by atoms with Crippen LogP contribution in [0, 0.1) is 24.2 Å². The van der Waals surface area contributed by atoms with Gasteiger partial charge in [-0.2, -0.15) is 5.26 Å². The predicted octanol–water partition coefficient (Wildman–Crippen LogP) is 2.98. The lowest BCUT2D eigenvalue weighted by Gasteiger charge is -2.51. The van der Waals surface area contributed by atoms with Gasteiger partial charge < -0.3 is 9.72 Å². The average Bonchev–Trinajstić information content (AvgIpc) is 2.96. The van der Waals surface area contributed by atoms with Gasteiger partial charge in [0.25, 0.3) is 0 Å². The lowest BCUT2D eigenvalue weighted by molar-refractivity contribution is -0.0344. The van der Waals surface area contributed by atoms with Gasteiger partial charge in [0.15, 0.2) is 0 Å². The van der Waals surface area contributed by atoms with Gasteiger partial charge in [0.1, 0.15) is 5.54 Å². The van der Waals surface area contributed by atoms with Crippen LogP contribution in [0.5, 0.6) is 0 Å². The Morgan fingerprint density at radius 1 is 1.33 bits per heavy atom. The lowest BCUT2D eigenvalue weighted by atomic mass is 9.67. The summed E-state index contributed by atoms with van der Waals surface area (Å²) in [5.74, 6) is 0.501. The maximum atomic E-state index is 12.5. The molecule has 1 saturated heterocycles. The molecule has 0 unspecified atom stereocenters. The molecule has 144 valence electrons. The van der Waals surface area contributed by atoms with E-state index in [-0.39, 0.29) is 17.3 Å². The van der Waals surface area contributed by atoms with Gasteiger partial charge in [0.05, 0.1) is 17.1 Å². The maximum absolute atomic E-state index is 12.5. The number of H-pyrrole nitrogens is 1. The van der Waals surface area contributed by atoms with Crippen molar-refractivity contribution in [3.63, 3.8) is 0 Å². The molecule has 4 rings (SSSR count). The van der Waals surface area contributed by atoms with E-state index in [1.807, 2.05) is 23.6 Å². The van der Waals surface area contributed by atoms with Crippen LogP contribution < -0.4 is 5.69 Å². The molecule has 2 heterocycles. The second kappa shape index (κ2) is 7.14. The Morgan fingerprint density at radius 2 is 2.07 bits per heavy atom. The monoisotopic (exact) mass is 368 g/mol. The molecule has 2 aliphatic rings. The van der Waals surface area contributed by atoms with Gasteiger partial charge >= 0.3 is 5.69 Å². The number of nitriles is 1. The molecule has 0 atom stereocenters. The highest BCUT2D eigenvalue weighted by molar-refractivity contribution is 5.76. The molecule has 2 aromatic rings. The summed E-state index contributed by atoms with van der Waals surface area (Å²) in [6.45, 7) is 7.29. The molecule has 1 saturated carbocycles. The summed E-state index contributed by atoms with van der Waals surface area (Å²) in [6.07, 6.45) is 3.61. The number of aryl methyl sites for hydroxylation is 1. The number of likely N-dealkylation sites (tertiary alicyclic amines) is 1. The van der Waals surface area contributed by atoms with Gasteiger partial charge in [-0.1, -0.05) is 6.07 Å². The van der Waals surface area contributed by atoms with Crippen LogP contribution in [0.25, 0.3) is 11.0 Å². The maximum Gasteiger partial charge on any atom is 0.326 e. The quantitative estimate of drug-likeness (QED) is 0.880. The first-order valence-corrected chi connectivity index (χ1v) is 10.0. The number of aromatic amines is 1. The van der Waals surface area contributed by atoms with Crippen LogP contribution in [-0.4, -0.2) is 46.3 Å². The summed E-state index contributed by atoms with van der Waals surface area (Å²) in [4.78, 5) is 17.8. The zero-order valence-electron chi connectivity index (χ0n) is 16.2. The van der Waals surface area contributed by atoms with Gasteiger partial charge in [-0.05, 0) is 63.1 Å². The number of aromatic nitrogens is 2. The highest BCUT2D eigenvalue weighted by atomic mass is 16.5. The third-order valence-electron chi connectivity index (χ3n) is 6.33. The van der Waals surface area contributed by atoms with Crippen molar-refractivity contribution in [2.75, 3.05) is 26.3 Å². The topological polar surface area (TPSA) is 74.0 Å². The Labute approximate surface area is 159 Å². The molecule has 1 aliphatic heterocycles. The second-order valence-electron chi connectivity index (χ2n) is 8.12. The van der Waals surface area contributed by atoms with E-state index in [1.54, 1.807) is 0 Å². The molecule has 1 aromatic heterocycles. The Morgan fingerprint density at radius 3 is 2.74 bits per heavy atom. The molecule has 0 bridgehead atoms. The normalized spacial score (nSPS) is 26.8. The molecule has 0 spiro atoms. The van der Waals surface area contributed by atoms with Crippen LogP contribution in [0.4, 0.5) is 0 Å². The Balaban J connectivity index is 1.46. The van der Waals surface area contributed by atoms with Gasteiger partial charge in [-0.15, -0.1) is 0 Å². The van der Waals surface area contributed by atoms with Crippen LogP contribution >= 0.6 is 0 Å². The van der Waals surface area contributed by atoms with Crippen LogP contribution in [0.15, 0.2) is 23.0 Å². The van der Waals surface area contributed by atoms with Crippen LogP contribution in [0.3, 0.4) is 0 Å². The summed E-state index contributed by atoms with van der Waals surface area (Å²) >= 11 is 0. The molecule has 1 aromatic carbocycles. The van der Waals surface area contributed by atoms with Gasteiger partial charge in [0, 0.05) is 32.3 Å². The summed E-state index contributed by atoms with van der Waals surface area (Å²) < 4.78 is 7.45. The molecule has 2 fully saturated rings. The first-order chi connectivity index (χ1) is 13.1. The smallest absolute Gasteiger partial charge is 0.326 e. The van der Waals surface area contributed by atoms with E-state index in [0.717, 1.165) is 68.6 Å². The molecular weight excluding hydrogens is 340 g/mol. The Hall–Kier alpha value is -2.10. The van der Waals surface area contributed by atoms with E-state index in [9.17, 15) is 10.1 Å². The fourth-order valence-electron chi connectivity index (χ4n) is 4.86. The Bertz CT molecular complexity index is 908. The summed E-state index contributed by atoms with van der Waals surface area (Å²) in [6, 6.07) is 8.87. The first-order valence-electron chi connectivity index (χ1n) is 10.0.